The molecule has 0 atom stereocenters. The van der Waals surface area contributed by atoms with Crippen LogP contribution in [0.1, 0.15) is 6.42 Å². The maximum absolute atomic E-state index is 11.6. The average molecular weight is 185 g/mol. The Kier molecular flexibility index (Phi) is 1.68. The standard InChI is InChI=1S/C7H11N3OS/c1-10-5-7(8-6-10)9-12(11)3-2-4-12/h5-6H,2-4H2,1H3. The van der Waals surface area contributed by atoms with Crippen molar-refractivity contribution in [1.82, 2.24) is 9.55 Å². The molecule has 66 valence electrons. The van der Waals surface area contributed by atoms with Crippen LogP contribution in [-0.2, 0) is 16.8 Å². The molecule has 0 unspecified atom stereocenters. The first-order valence-electron chi connectivity index (χ1n) is 3.88. The van der Waals surface area contributed by atoms with E-state index in [1.807, 2.05) is 7.05 Å². The summed E-state index contributed by atoms with van der Waals surface area (Å²) in [4.78, 5) is 4.00. The fraction of sp³-hybridized carbons (Fsp3) is 0.571. The smallest absolute Gasteiger partial charge is 0.179 e. The molecule has 0 aromatic carbocycles. The highest BCUT2D eigenvalue weighted by Crippen LogP contribution is 2.18. The summed E-state index contributed by atoms with van der Waals surface area (Å²) in [7, 11) is -0.00488. The lowest BCUT2D eigenvalue weighted by Crippen LogP contribution is -2.22. The van der Waals surface area contributed by atoms with E-state index in [2.05, 4.69) is 9.35 Å². The molecule has 2 heterocycles. The van der Waals surface area contributed by atoms with Gasteiger partial charge in [-0.1, -0.05) is 0 Å². The quantitative estimate of drug-likeness (QED) is 0.653. The highest BCUT2D eigenvalue weighted by Gasteiger charge is 2.19. The van der Waals surface area contributed by atoms with Crippen molar-refractivity contribution in [3.63, 3.8) is 0 Å². The zero-order valence-electron chi connectivity index (χ0n) is 6.93. The van der Waals surface area contributed by atoms with Gasteiger partial charge in [-0.25, -0.2) is 9.19 Å². The Morgan fingerprint density at radius 3 is 2.83 bits per heavy atom. The summed E-state index contributed by atoms with van der Waals surface area (Å²) in [5.41, 5.74) is 0. The van der Waals surface area contributed by atoms with Crippen LogP contribution in [-0.4, -0.2) is 25.3 Å². The second-order valence-corrected chi connectivity index (χ2v) is 5.57. The maximum atomic E-state index is 11.6. The Morgan fingerprint density at radius 2 is 2.42 bits per heavy atom. The molecule has 0 bridgehead atoms. The summed E-state index contributed by atoms with van der Waals surface area (Å²) in [6, 6.07) is 0. The van der Waals surface area contributed by atoms with Crippen LogP contribution in [0.3, 0.4) is 0 Å². The Balaban J connectivity index is 2.33. The molecule has 1 fully saturated rings. The lowest BCUT2D eigenvalue weighted by atomic mass is 10.5. The first kappa shape index (κ1) is 7.79. The summed E-state index contributed by atoms with van der Waals surface area (Å²) >= 11 is 0. The van der Waals surface area contributed by atoms with Gasteiger partial charge in [0, 0.05) is 18.6 Å². The third-order valence-electron chi connectivity index (χ3n) is 1.88. The van der Waals surface area contributed by atoms with Gasteiger partial charge in [-0.2, -0.15) is 4.36 Å². The first-order valence-corrected chi connectivity index (χ1v) is 5.74. The van der Waals surface area contributed by atoms with Crippen molar-refractivity contribution in [2.45, 2.75) is 6.42 Å². The van der Waals surface area contributed by atoms with E-state index in [4.69, 9.17) is 0 Å². The van der Waals surface area contributed by atoms with E-state index in [-0.39, 0.29) is 0 Å². The van der Waals surface area contributed by atoms with Gasteiger partial charge in [0.05, 0.1) is 22.3 Å². The number of rotatable bonds is 1. The molecule has 0 radical (unpaired) electrons. The highest BCUT2D eigenvalue weighted by atomic mass is 32.2. The lowest BCUT2D eigenvalue weighted by Gasteiger charge is -2.16. The number of aryl methyl sites for hydroxylation is 1. The van der Waals surface area contributed by atoms with Crippen LogP contribution in [0.15, 0.2) is 16.9 Å². The van der Waals surface area contributed by atoms with Crippen LogP contribution in [0, 0.1) is 0 Å². The van der Waals surface area contributed by atoms with Crippen LogP contribution in [0.2, 0.25) is 0 Å². The van der Waals surface area contributed by atoms with Crippen LogP contribution in [0.4, 0.5) is 5.82 Å². The number of imidazole rings is 1. The molecular formula is C7H11N3OS. The molecule has 0 saturated carbocycles. The summed E-state index contributed by atoms with van der Waals surface area (Å²) in [5, 5.41) is 0. The van der Waals surface area contributed by atoms with Crippen molar-refractivity contribution in [1.29, 1.82) is 0 Å². The van der Waals surface area contributed by atoms with Crippen molar-refractivity contribution in [3.8, 4) is 0 Å². The monoisotopic (exact) mass is 185 g/mol. The van der Waals surface area contributed by atoms with Crippen LogP contribution in [0.25, 0.3) is 0 Å². The average Bonchev–Trinajstić information content (AvgIpc) is 2.32. The lowest BCUT2D eigenvalue weighted by molar-refractivity contribution is 0.663. The Morgan fingerprint density at radius 1 is 1.67 bits per heavy atom. The second kappa shape index (κ2) is 2.58. The largest absolute Gasteiger partial charge is 0.338 e. The first-order chi connectivity index (χ1) is 5.68. The zero-order valence-corrected chi connectivity index (χ0v) is 7.75. The van der Waals surface area contributed by atoms with Crippen LogP contribution in [0.5, 0.6) is 0 Å². The zero-order chi connectivity index (χ0) is 8.60. The number of nitrogens with zero attached hydrogens (tertiary/aromatic N) is 3. The maximum Gasteiger partial charge on any atom is 0.179 e. The van der Waals surface area contributed by atoms with Gasteiger partial charge in [0.1, 0.15) is 0 Å². The molecular weight excluding hydrogens is 174 g/mol. The number of hydrogen-bond donors (Lipinski definition) is 0. The molecule has 0 spiro atoms. The van der Waals surface area contributed by atoms with Gasteiger partial charge < -0.3 is 4.57 Å². The molecule has 1 aliphatic rings. The minimum atomic E-state index is -1.88. The number of aromatic nitrogens is 2. The molecule has 0 aliphatic carbocycles. The van der Waals surface area contributed by atoms with Crippen LogP contribution >= 0.6 is 0 Å². The van der Waals surface area contributed by atoms with Gasteiger partial charge in [-0.3, -0.25) is 0 Å². The molecule has 1 saturated heterocycles. The predicted octanol–water partition coefficient (Wildman–Crippen LogP) is 0.923. The predicted molar refractivity (Wildman–Crippen MR) is 47.8 cm³/mol. The molecule has 1 aromatic rings. The van der Waals surface area contributed by atoms with E-state index < -0.39 is 9.73 Å². The molecule has 4 nitrogen and oxygen atoms in total. The van der Waals surface area contributed by atoms with E-state index in [1.54, 1.807) is 17.1 Å². The second-order valence-electron chi connectivity index (χ2n) is 3.02. The summed E-state index contributed by atoms with van der Waals surface area (Å²) in [6.45, 7) is 0. The van der Waals surface area contributed by atoms with Gasteiger partial charge in [-0.05, 0) is 6.42 Å². The van der Waals surface area contributed by atoms with Gasteiger partial charge in [0.25, 0.3) is 0 Å². The van der Waals surface area contributed by atoms with Crippen molar-refractivity contribution >= 4 is 15.5 Å². The molecule has 12 heavy (non-hydrogen) atoms. The van der Waals surface area contributed by atoms with E-state index in [1.165, 1.54) is 0 Å². The topological polar surface area (TPSA) is 47.2 Å². The Bertz CT molecular complexity index is 391. The SMILES string of the molecule is Cn1cnc(N=S2(=O)CCC2)c1. The van der Waals surface area contributed by atoms with Gasteiger partial charge in [0.2, 0.25) is 0 Å². The Labute approximate surface area is 71.8 Å². The van der Waals surface area contributed by atoms with Crippen molar-refractivity contribution in [3.05, 3.63) is 12.5 Å². The molecule has 0 N–H and O–H groups in total. The fourth-order valence-electron chi connectivity index (χ4n) is 1.10. The van der Waals surface area contributed by atoms with Gasteiger partial charge >= 0.3 is 0 Å². The van der Waals surface area contributed by atoms with E-state index in [0.717, 1.165) is 17.9 Å². The van der Waals surface area contributed by atoms with Crippen molar-refractivity contribution in [2.75, 3.05) is 11.5 Å². The van der Waals surface area contributed by atoms with Crippen molar-refractivity contribution in [2.24, 2.45) is 11.4 Å². The van der Waals surface area contributed by atoms with Gasteiger partial charge in [-0.15, -0.1) is 0 Å². The van der Waals surface area contributed by atoms with Gasteiger partial charge in [0.15, 0.2) is 5.82 Å². The van der Waals surface area contributed by atoms with E-state index >= 15 is 0 Å². The number of hydrogen-bond acceptors (Lipinski definition) is 3. The van der Waals surface area contributed by atoms with E-state index in [9.17, 15) is 4.21 Å². The van der Waals surface area contributed by atoms with Crippen molar-refractivity contribution < 1.29 is 4.21 Å². The minimum Gasteiger partial charge on any atom is -0.338 e. The summed E-state index contributed by atoms with van der Waals surface area (Å²) in [5.74, 6) is 2.08. The summed E-state index contributed by atoms with van der Waals surface area (Å²) in [6.07, 6.45) is 4.49. The molecule has 2 rings (SSSR count). The minimum absolute atomic E-state index is 0.599. The van der Waals surface area contributed by atoms with Crippen LogP contribution < -0.4 is 0 Å². The Hall–Kier alpha value is -0.840. The normalized spacial score (nSPS) is 20.1. The third-order valence-corrected chi connectivity index (χ3v) is 4.25. The fourth-order valence-corrected chi connectivity index (χ4v) is 2.50. The molecule has 1 aromatic heterocycles. The summed E-state index contributed by atoms with van der Waals surface area (Å²) < 4.78 is 17.5. The van der Waals surface area contributed by atoms with E-state index in [0.29, 0.717) is 5.82 Å². The molecule has 5 heteroatoms. The molecule has 0 amide bonds. The third kappa shape index (κ3) is 1.36. The highest BCUT2D eigenvalue weighted by molar-refractivity contribution is 7.95. The molecule has 1 aliphatic heterocycles.